The highest BCUT2D eigenvalue weighted by Crippen LogP contribution is 2.25. The van der Waals surface area contributed by atoms with E-state index in [2.05, 4.69) is 29.1 Å². The Morgan fingerprint density at radius 3 is 2.81 bits per heavy atom. The third-order valence-corrected chi connectivity index (χ3v) is 4.87. The summed E-state index contributed by atoms with van der Waals surface area (Å²) >= 11 is 1.88. The maximum atomic E-state index is 4.66. The molecule has 1 atom stereocenters. The van der Waals surface area contributed by atoms with Gasteiger partial charge in [0, 0.05) is 17.8 Å². The Morgan fingerprint density at radius 2 is 2.19 bits per heavy atom. The molecule has 0 spiro atoms. The second-order valence-electron chi connectivity index (χ2n) is 5.06. The molecule has 3 nitrogen and oxygen atoms in total. The van der Waals surface area contributed by atoms with E-state index in [4.69, 9.17) is 0 Å². The summed E-state index contributed by atoms with van der Waals surface area (Å²) in [5.41, 5.74) is 0.275. The maximum absolute atomic E-state index is 4.66. The SMILES string of the molecule is CCC1(C)CSC(=NCCN2CCCC2)N1. The lowest BCUT2D eigenvalue weighted by Crippen LogP contribution is -2.39. The minimum absolute atomic E-state index is 0.275. The summed E-state index contributed by atoms with van der Waals surface area (Å²) in [7, 11) is 0. The molecule has 92 valence electrons. The second-order valence-corrected chi connectivity index (χ2v) is 6.03. The van der Waals surface area contributed by atoms with E-state index in [0.717, 1.165) is 24.0 Å². The van der Waals surface area contributed by atoms with Crippen molar-refractivity contribution in [1.82, 2.24) is 10.2 Å². The predicted octanol–water partition coefficient (Wildman–Crippen LogP) is 1.94. The summed E-state index contributed by atoms with van der Waals surface area (Å²) in [5, 5.41) is 4.69. The molecular formula is C12H23N3S. The minimum atomic E-state index is 0.275. The molecule has 2 aliphatic rings. The van der Waals surface area contributed by atoms with Crippen LogP contribution in [0.2, 0.25) is 0 Å². The van der Waals surface area contributed by atoms with Gasteiger partial charge in [-0.05, 0) is 39.3 Å². The van der Waals surface area contributed by atoms with Gasteiger partial charge in [-0.3, -0.25) is 4.99 Å². The van der Waals surface area contributed by atoms with Gasteiger partial charge in [-0.25, -0.2) is 0 Å². The molecule has 0 bridgehead atoms. The van der Waals surface area contributed by atoms with E-state index < -0.39 is 0 Å². The van der Waals surface area contributed by atoms with Crippen LogP contribution in [-0.4, -0.2) is 47.5 Å². The van der Waals surface area contributed by atoms with Crippen molar-refractivity contribution in [3.8, 4) is 0 Å². The fraction of sp³-hybridized carbons (Fsp3) is 0.917. The number of likely N-dealkylation sites (tertiary alicyclic amines) is 1. The van der Waals surface area contributed by atoms with Crippen LogP contribution in [0.25, 0.3) is 0 Å². The van der Waals surface area contributed by atoms with Crippen molar-refractivity contribution in [3.05, 3.63) is 0 Å². The maximum Gasteiger partial charge on any atom is 0.157 e. The monoisotopic (exact) mass is 241 g/mol. The fourth-order valence-corrected chi connectivity index (χ4v) is 3.37. The number of thioether (sulfide) groups is 1. The zero-order valence-electron chi connectivity index (χ0n) is 10.5. The van der Waals surface area contributed by atoms with Crippen LogP contribution in [0, 0.1) is 0 Å². The second kappa shape index (κ2) is 5.41. The summed E-state index contributed by atoms with van der Waals surface area (Å²) in [5.74, 6) is 1.16. The first kappa shape index (κ1) is 12.2. The molecule has 0 aliphatic carbocycles. The smallest absolute Gasteiger partial charge is 0.157 e. The van der Waals surface area contributed by atoms with Gasteiger partial charge in [-0.1, -0.05) is 18.7 Å². The van der Waals surface area contributed by atoms with Crippen LogP contribution in [0.15, 0.2) is 4.99 Å². The minimum Gasteiger partial charge on any atom is -0.359 e. The molecule has 2 fully saturated rings. The number of aliphatic imine (C=N–C) groups is 1. The van der Waals surface area contributed by atoms with Gasteiger partial charge in [0.2, 0.25) is 0 Å². The molecule has 2 saturated heterocycles. The Balaban J connectivity index is 1.72. The third kappa shape index (κ3) is 3.14. The number of nitrogens with one attached hydrogen (secondary N) is 1. The van der Waals surface area contributed by atoms with Gasteiger partial charge in [-0.15, -0.1) is 0 Å². The van der Waals surface area contributed by atoms with Crippen LogP contribution in [0.4, 0.5) is 0 Å². The largest absolute Gasteiger partial charge is 0.359 e. The van der Waals surface area contributed by atoms with Crippen LogP contribution >= 0.6 is 11.8 Å². The first-order valence-corrected chi connectivity index (χ1v) is 7.38. The zero-order chi connectivity index (χ0) is 11.4. The molecule has 2 heterocycles. The van der Waals surface area contributed by atoms with Crippen molar-refractivity contribution in [1.29, 1.82) is 0 Å². The van der Waals surface area contributed by atoms with Crippen LogP contribution in [0.3, 0.4) is 0 Å². The average Bonchev–Trinajstić information content (AvgIpc) is 2.90. The van der Waals surface area contributed by atoms with E-state index >= 15 is 0 Å². The quantitative estimate of drug-likeness (QED) is 0.815. The molecule has 0 aromatic rings. The van der Waals surface area contributed by atoms with Gasteiger partial charge in [0.05, 0.1) is 6.54 Å². The van der Waals surface area contributed by atoms with Crippen molar-refractivity contribution in [2.75, 3.05) is 31.9 Å². The van der Waals surface area contributed by atoms with Crippen LogP contribution in [0.1, 0.15) is 33.1 Å². The van der Waals surface area contributed by atoms with Crippen molar-refractivity contribution in [2.24, 2.45) is 4.99 Å². The normalized spacial score (nSPS) is 33.5. The highest BCUT2D eigenvalue weighted by molar-refractivity contribution is 8.14. The third-order valence-electron chi connectivity index (χ3n) is 3.59. The Hall–Kier alpha value is -0.220. The molecule has 0 aromatic carbocycles. The molecule has 1 N–H and O–H groups in total. The lowest BCUT2D eigenvalue weighted by molar-refractivity contribution is 0.349. The van der Waals surface area contributed by atoms with Gasteiger partial charge in [0.1, 0.15) is 0 Å². The number of hydrogen-bond acceptors (Lipinski definition) is 3. The Labute approximate surface area is 103 Å². The number of amidine groups is 1. The van der Waals surface area contributed by atoms with Gasteiger partial charge < -0.3 is 10.2 Å². The van der Waals surface area contributed by atoms with E-state index in [9.17, 15) is 0 Å². The molecule has 0 amide bonds. The van der Waals surface area contributed by atoms with Gasteiger partial charge in [0.15, 0.2) is 5.17 Å². The summed E-state index contributed by atoms with van der Waals surface area (Å²) < 4.78 is 0. The molecule has 2 aliphatic heterocycles. The van der Waals surface area contributed by atoms with Gasteiger partial charge in [0.25, 0.3) is 0 Å². The van der Waals surface area contributed by atoms with E-state index in [-0.39, 0.29) is 5.54 Å². The van der Waals surface area contributed by atoms with E-state index in [0.29, 0.717) is 0 Å². The zero-order valence-corrected chi connectivity index (χ0v) is 11.3. The lowest BCUT2D eigenvalue weighted by Gasteiger charge is -2.20. The number of rotatable bonds is 4. The van der Waals surface area contributed by atoms with Crippen molar-refractivity contribution >= 4 is 16.9 Å². The van der Waals surface area contributed by atoms with Gasteiger partial charge >= 0.3 is 0 Å². The fourth-order valence-electron chi connectivity index (χ4n) is 2.13. The molecular weight excluding hydrogens is 218 g/mol. The lowest BCUT2D eigenvalue weighted by atomic mass is 10.0. The van der Waals surface area contributed by atoms with Crippen LogP contribution in [0.5, 0.6) is 0 Å². The van der Waals surface area contributed by atoms with Gasteiger partial charge in [-0.2, -0.15) is 0 Å². The Kier molecular flexibility index (Phi) is 4.14. The predicted molar refractivity (Wildman–Crippen MR) is 72.3 cm³/mol. The standard InChI is InChI=1S/C12H23N3S/c1-3-12(2)10-16-11(14-12)13-6-9-15-7-4-5-8-15/h3-10H2,1-2H3,(H,13,14). The van der Waals surface area contributed by atoms with Crippen molar-refractivity contribution in [3.63, 3.8) is 0 Å². The molecule has 0 aromatic heterocycles. The Bertz CT molecular complexity index is 261. The summed E-state index contributed by atoms with van der Waals surface area (Å²) in [6.07, 6.45) is 3.92. The summed E-state index contributed by atoms with van der Waals surface area (Å²) in [6, 6.07) is 0. The average molecular weight is 241 g/mol. The van der Waals surface area contributed by atoms with E-state index in [1.807, 2.05) is 11.8 Å². The molecule has 16 heavy (non-hydrogen) atoms. The Morgan fingerprint density at radius 1 is 1.44 bits per heavy atom. The van der Waals surface area contributed by atoms with E-state index in [1.54, 1.807) is 0 Å². The van der Waals surface area contributed by atoms with Crippen LogP contribution in [-0.2, 0) is 0 Å². The van der Waals surface area contributed by atoms with Crippen LogP contribution < -0.4 is 5.32 Å². The first-order chi connectivity index (χ1) is 7.72. The van der Waals surface area contributed by atoms with Crippen molar-refractivity contribution in [2.45, 2.75) is 38.6 Å². The number of nitrogens with zero attached hydrogens (tertiary/aromatic N) is 2. The number of hydrogen-bond donors (Lipinski definition) is 1. The molecule has 0 saturated carbocycles. The van der Waals surface area contributed by atoms with Crippen molar-refractivity contribution < 1.29 is 0 Å². The topological polar surface area (TPSA) is 27.6 Å². The van der Waals surface area contributed by atoms with E-state index in [1.165, 1.54) is 32.4 Å². The molecule has 0 radical (unpaired) electrons. The highest BCUT2D eigenvalue weighted by atomic mass is 32.2. The summed E-state index contributed by atoms with van der Waals surface area (Å²) in [4.78, 5) is 7.17. The first-order valence-electron chi connectivity index (χ1n) is 6.40. The molecule has 4 heteroatoms. The highest BCUT2D eigenvalue weighted by Gasteiger charge is 2.30. The summed E-state index contributed by atoms with van der Waals surface area (Å²) in [6.45, 7) is 9.16. The molecule has 1 unspecified atom stereocenters. The molecule has 2 rings (SSSR count).